The number of amides is 1. The van der Waals surface area contributed by atoms with Gasteiger partial charge in [0, 0.05) is 36.1 Å². The summed E-state index contributed by atoms with van der Waals surface area (Å²) >= 11 is 0. The summed E-state index contributed by atoms with van der Waals surface area (Å²) in [5, 5.41) is 10.8. The molecule has 8 nitrogen and oxygen atoms in total. The summed E-state index contributed by atoms with van der Waals surface area (Å²) in [5.41, 5.74) is 5.47. The fourth-order valence-corrected chi connectivity index (χ4v) is 4.56. The third kappa shape index (κ3) is 7.93. The lowest BCUT2D eigenvalue weighted by molar-refractivity contribution is 0.0953. The maximum Gasteiger partial charge on any atom is 0.251 e. The number of benzene rings is 2. The highest BCUT2D eigenvalue weighted by Gasteiger charge is 2.11. The van der Waals surface area contributed by atoms with E-state index in [0.29, 0.717) is 18.1 Å². The number of aromatic nitrogens is 3. The van der Waals surface area contributed by atoms with Crippen LogP contribution in [0.15, 0.2) is 79.0 Å². The molecule has 210 valence electrons. The van der Waals surface area contributed by atoms with Crippen LogP contribution in [0.25, 0.3) is 16.8 Å². The Morgan fingerprint density at radius 3 is 2.52 bits per heavy atom. The molecule has 0 aliphatic carbocycles. The van der Waals surface area contributed by atoms with Crippen molar-refractivity contribution >= 4 is 23.2 Å². The first-order valence-corrected chi connectivity index (χ1v) is 14.0. The van der Waals surface area contributed by atoms with Gasteiger partial charge in [0.15, 0.2) is 5.65 Å². The molecule has 0 bridgehead atoms. The zero-order valence-electron chi connectivity index (χ0n) is 23.8. The van der Waals surface area contributed by atoms with E-state index in [-0.39, 0.29) is 5.91 Å². The first kappa shape index (κ1) is 28.8. The first-order valence-electron chi connectivity index (χ1n) is 14.0. The highest BCUT2D eigenvalue weighted by Crippen LogP contribution is 2.26. The second-order valence-corrected chi connectivity index (χ2v) is 10.1. The van der Waals surface area contributed by atoms with Gasteiger partial charge in [-0.2, -0.15) is 4.98 Å². The lowest BCUT2D eigenvalue weighted by atomic mass is 10.1. The van der Waals surface area contributed by atoms with Crippen LogP contribution in [0, 0.1) is 0 Å². The molecule has 0 spiro atoms. The fraction of sp³-hybridized carbons (Fsp3) is 0.344. The Kier molecular flexibility index (Phi) is 10.3. The van der Waals surface area contributed by atoms with Gasteiger partial charge in [-0.15, -0.1) is 5.10 Å². The minimum absolute atomic E-state index is 0.0680. The maximum atomic E-state index is 12.6. The molecule has 0 atom stereocenters. The zero-order valence-corrected chi connectivity index (χ0v) is 23.8. The number of pyridine rings is 1. The van der Waals surface area contributed by atoms with Crippen LogP contribution >= 0.6 is 0 Å². The molecule has 0 aliphatic rings. The summed E-state index contributed by atoms with van der Waals surface area (Å²) in [4.78, 5) is 19.6. The van der Waals surface area contributed by atoms with Crippen LogP contribution in [0.5, 0.6) is 5.75 Å². The van der Waals surface area contributed by atoms with Gasteiger partial charge < -0.3 is 20.3 Å². The molecular formula is C32H40N6O2. The topological polar surface area (TPSA) is 83.8 Å². The molecule has 0 aliphatic heterocycles. The summed E-state index contributed by atoms with van der Waals surface area (Å²) < 4.78 is 7.02. The smallest absolute Gasteiger partial charge is 0.251 e. The molecule has 0 unspecified atom stereocenters. The van der Waals surface area contributed by atoms with Crippen molar-refractivity contribution in [1.82, 2.24) is 24.8 Å². The molecule has 8 heteroatoms. The molecule has 2 N–H and O–H groups in total. The molecular weight excluding hydrogens is 500 g/mol. The second-order valence-electron chi connectivity index (χ2n) is 10.1. The largest absolute Gasteiger partial charge is 0.497 e. The predicted molar refractivity (Wildman–Crippen MR) is 162 cm³/mol. The molecule has 0 fully saturated rings. The van der Waals surface area contributed by atoms with Gasteiger partial charge in [-0.25, -0.2) is 4.52 Å². The quantitative estimate of drug-likeness (QED) is 0.135. The first-order chi connectivity index (χ1) is 19.5. The number of carbonyl (C=O) groups is 1. The van der Waals surface area contributed by atoms with Crippen LogP contribution in [-0.2, 0) is 0 Å². The van der Waals surface area contributed by atoms with Crippen LogP contribution in [0.4, 0.5) is 11.6 Å². The van der Waals surface area contributed by atoms with Gasteiger partial charge in [-0.1, -0.05) is 31.2 Å². The number of carbonyl (C=O) groups excluding carboxylic acids is 1. The number of fused-ring (bicyclic) bond motifs is 1. The molecule has 40 heavy (non-hydrogen) atoms. The molecule has 2 aromatic carbocycles. The van der Waals surface area contributed by atoms with Gasteiger partial charge in [0.25, 0.3) is 5.91 Å². The van der Waals surface area contributed by atoms with E-state index in [1.807, 2.05) is 66.9 Å². The Morgan fingerprint density at radius 2 is 1.80 bits per heavy atom. The van der Waals surface area contributed by atoms with Crippen LogP contribution in [-0.4, -0.2) is 59.2 Å². The number of rotatable bonds is 15. The summed E-state index contributed by atoms with van der Waals surface area (Å²) in [6.07, 6.45) is 7.06. The van der Waals surface area contributed by atoms with E-state index in [0.717, 1.165) is 67.0 Å². The maximum absolute atomic E-state index is 12.6. The molecule has 1 amide bonds. The average Bonchev–Trinajstić information content (AvgIpc) is 3.39. The average molecular weight is 541 g/mol. The standard InChI is InChI=1S/C32H40N6O2/c1-5-21-37(3)23-19-24(2)9-6-7-20-33-31(39)26-11-15-27(16-12-26)34-32-35-30-29(10-8-22-38(30)36-32)25-13-17-28(40-4)18-14-25/h8,10-18,22H,2,5-7,9,19-21,23H2,1,3-4H3,(H,33,39)(H,34,36). The van der Waals surface area contributed by atoms with Crippen molar-refractivity contribution < 1.29 is 9.53 Å². The number of unbranched alkanes of at least 4 members (excludes halogenated alkanes) is 1. The minimum atomic E-state index is -0.0680. The fourth-order valence-electron chi connectivity index (χ4n) is 4.56. The second kappa shape index (κ2) is 14.3. The van der Waals surface area contributed by atoms with Gasteiger partial charge in [-0.05, 0) is 99.8 Å². The Bertz CT molecular complexity index is 1400. The van der Waals surface area contributed by atoms with E-state index in [2.05, 4.69) is 41.2 Å². The SMILES string of the molecule is C=C(CCCCNC(=O)c1ccc(Nc2nc3c(-c4ccc(OC)cc4)cccn3n2)cc1)CCN(C)CCC. The number of nitrogens with one attached hydrogen (secondary N) is 2. The van der Waals surface area contributed by atoms with Crippen molar-refractivity contribution in [3.05, 3.63) is 84.6 Å². The molecule has 4 aromatic rings. The molecule has 0 saturated heterocycles. The van der Waals surface area contributed by atoms with Crippen LogP contribution in [0.1, 0.15) is 49.4 Å². The van der Waals surface area contributed by atoms with Crippen LogP contribution in [0.2, 0.25) is 0 Å². The summed E-state index contributed by atoms with van der Waals surface area (Å²) in [6.45, 7) is 9.25. The van der Waals surface area contributed by atoms with Crippen molar-refractivity contribution in [2.24, 2.45) is 0 Å². The van der Waals surface area contributed by atoms with E-state index in [1.165, 1.54) is 12.0 Å². The Hall–Kier alpha value is -4.17. The van der Waals surface area contributed by atoms with Crippen molar-refractivity contribution in [2.45, 2.75) is 39.0 Å². The minimum Gasteiger partial charge on any atom is -0.497 e. The van der Waals surface area contributed by atoms with E-state index >= 15 is 0 Å². The van der Waals surface area contributed by atoms with Crippen molar-refractivity contribution in [3.63, 3.8) is 0 Å². The predicted octanol–water partition coefficient (Wildman–Crippen LogP) is 6.34. The van der Waals surface area contributed by atoms with E-state index in [9.17, 15) is 4.79 Å². The van der Waals surface area contributed by atoms with Gasteiger partial charge in [0.2, 0.25) is 5.95 Å². The summed E-state index contributed by atoms with van der Waals surface area (Å²) in [6, 6.07) is 19.2. The lowest BCUT2D eigenvalue weighted by Gasteiger charge is -2.16. The number of methoxy groups -OCH3 is 1. The Labute approximate surface area is 237 Å². The summed E-state index contributed by atoms with van der Waals surface area (Å²) in [5.74, 6) is 1.22. The number of hydrogen-bond acceptors (Lipinski definition) is 6. The molecule has 2 heterocycles. The van der Waals surface area contributed by atoms with Crippen LogP contribution < -0.4 is 15.4 Å². The zero-order chi connectivity index (χ0) is 28.3. The van der Waals surface area contributed by atoms with E-state index in [1.54, 1.807) is 11.6 Å². The van der Waals surface area contributed by atoms with Gasteiger partial charge in [0.1, 0.15) is 5.75 Å². The number of hydrogen-bond donors (Lipinski definition) is 2. The molecule has 4 rings (SSSR count). The third-order valence-electron chi connectivity index (χ3n) is 6.86. The Morgan fingerprint density at radius 1 is 1.02 bits per heavy atom. The number of anilines is 2. The van der Waals surface area contributed by atoms with Crippen molar-refractivity contribution in [3.8, 4) is 16.9 Å². The monoisotopic (exact) mass is 540 g/mol. The number of ether oxygens (including phenoxy) is 1. The molecule has 0 saturated carbocycles. The normalized spacial score (nSPS) is 11.1. The molecule has 2 aromatic heterocycles. The summed E-state index contributed by atoms with van der Waals surface area (Å²) in [7, 11) is 3.81. The van der Waals surface area contributed by atoms with Crippen molar-refractivity contribution in [2.75, 3.05) is 39.1 Å². The van der Waals surface area contributed by atoms with Gasteiger partial charge >= 0.3 is 0 Å². The van der Waals surface area contributed by atoms with E-state index < -0.39 is 0 Å². The number of nitrogens with zero attached hydrogens (tertiary/aromatic N) is 4. The Balaban J connectivity index is 1.25. The van der Waals surface area contributed by atoms with Crippen molar-refractivity contribution in [1.29, 1.82) is 0 Å². The lowest BCUT2D eigenvalue weighted by Crippen LogP contribution is -2.24. The molecule has 0 radical (unpaired) electrons. The highest BCUT2D eigenvalue weighted by molar-refractivity contribution is 5.94. The third-order valence-corrected chi connectivity index (χ3v) is 6.86. The van der Waals surface area contributed by atoms with Crippen LogP contribution in [0.3, 0.4) is 0 Å². The highest BCUT2D eigenvalue weighted by atomic mass is 16.5. The van der Waals surface area contributed by atoms with E-state index in [4.69, 9.17) is 9.72 Å². The van der Waals surface area contributed by atoms with Gasteiger partial charge in [-0.3, -0.25) is 4.79 Å². The van der Waals surface area contributed by atoms with Gasteiger partial charge in [0.05, 0.1) is 7.11 Å².